The summed E-state index contributed by atoms with van der Waals surface area (Å²) in [5.74, 6) is -4.90. The summed E-state index contributed by atoms with van der Waals surface area (Å²) < 4.78 is 84.3. The number of benzene rings is 1. The van der Waals surface area contributed by atoms with Gasteiger partial charge in [-0.25, -0.2) is 0 Å². The number of hydrogen-bond acceptors (Lipinski definition) is 4. The van der Waals surface area contributed by atoms with Crippen LogP contribution in [0.2, 0.25) is 4.82 Å². The normalized spacial score (nSPS) is 15.6. The van der Waals surface area contributed by atoms with Crippen LogP contribution in [0.1, 0.15) is 20.3 Å². The molecular weight excluding hydrogens is 449 g/mol. The van der Waals surface area contributed by atoms with Gasteiger partial charge < -0.3 is 0 Å². The van der Waals surface area contributed by atoms with E-state index in [-0.39, 0.29) is 6.42 Å². The van der Waals surface area contributed by atoms with E-state index in [4.69, 9.17) is 0 Å². The van der Waals surface area contributed by atoms with E-state index in [0.717, 1.165) is 6.92 Å². The molecule has 11 heteroatoms. The molecule has 0 spiro atoms. The molecule has 0 aliphatic heterocycles. The molecule has 0 heterocycles. The number of carbonyl (C=O) groups is 2. The Morgan fingerprint density at radius 1 is 0.963 bits per heavy atom. The molecule has 0 saturated carbocycles. The molecule has 0 fully saturated rings. The first kappa shape index (κ1) is 23.3. The third-order valence-electron chi connectivity index (χ3n) is 3.26. The molecule has 0 bridgehead atoms. The van der Waals surface area contributed by atoms with E-state index in [2.05, 4.69) is 9.47 Å². The van der Waals surface area contributed by atoms with E-state index in [1.165, 1.54) is 6.92 Å². The Hall–Kier alpha value is -1.74. The topological polar surface area (TPSA) is 52.6 Å². The van der Waals surface area contributed by atoms with Crippen LogP contribution < -0.4 is 4.46 Å². The molecule has 0 saturated heterocycles. The number of halogens is 6. The van der Waals surface area contributed by atoms with Gasteiger partial charge in [0.1, 0.15) is 0 Å². The van der Waals surface area contributed by atoms with Crippen molar-refractivity contribution in [1.29, 1.82) is 0 Å². The molecule has 0 aromatic heterocycles. The van der Waals surface area contributed by atoms with Crippen LogP contribution >= 0.6 is 0 Å². The number of alkyl halides is 6. The van der Waals surface area contributed by atoms with E-state index in [1.54, 1.807) is 30.3 Å². The average Bonchev–Trinajstić information content (AvgIpc) is 2.56. The molecular formula is C16H16F6O4Se. The number of hydrogen-bond donors (Lipinski definition) is 0. The van der Waals surface area contributed by atoms with Crippen LogP contribution in [-0.2, 0) is 19.1 Å². The quantitative estimate of drug-likeness (QED) is 0.353. The second kappa shape index (κ2) is 9.45. The molecule has 0 amide bonds. The summed E-state index contributed by atoms with van der Waals surface area (Å²) in [6, 6.07) is 8.22. The van der Waals surface area contributed by atoms with Gasteiger partial charge in [0.2, 0.25) is 0 Å². The Bertz CT molecular complexity index is 632. The van der Waals surface area contributed by atoms with Gasteiger partial charge in [0, 0.05) is 0 Å². The molecule has 3 unspecified atom stereocenters. The fourth-order valence-corrected chi connectivity index (χ4v) is 4.70. The Labute approximate surface area is 157 Å². The van der Waals surface area contributed by atoms with Crippen LogP contribution in [0.4, 0.5) is 26.3 Å². The molecule has 152 valence electrons. The first-order valence-electron chi connectivity index (χ1n) is 7.63. The van der Waals surface area contributed by atoms with Crippen LogP contribution in [0.3, 0.4) is 0 Å². The maximum atomic E-state index is 12.5. The predicted octanol–water partition coefficient (Wildman–Crippen LogP) is 3.18. The summed E-state index contributed by atoms with van der Waals surface area (Å²) in [5.41, 5.74) is 0. The summed E-state index contributed by atoms with van der Waals surface area (Å²) in [6.45, 7) is 2.55. The van der Waals surface area contributed by atoms with Gasteiger partial charge in [-0.1, -0.05) is 0 Å². The van der Waals surface area contributed by atoms with Crippen LogP contribution in [-0.4, -0.2) is 51.5 Å². The summed E-state index contributed by atoms with van der Waals surface area (Å²) in [4.78, 5) is 21.2. The first-order valence-corrected chi connectivity index (χ1v) is 9.48. The van der Waals surface area contributed by atoms with Crippen molar-refractivity contribution in [3.63, 3.8) is 0 Å². The Morgan fingerprint density at radius 3 is 1.89 bits per heavy atom. The molecule has 3 atom stereocenters. The molecule has 1 rings (SSSR count). The van der Waals surface area contributed by atoms with Crippen LogP contribution in [0.5, 0.6) is 0 Å². The summed E-state index contributed by atoms with van der Waals surface area (Å²) in [6.07, 6.45) is -13.4. The van der Waals surface area contributed by atoms with Gasteiger partial charge in [-0.05, 0) is 0 Å². The molecule has 0 N–H and O–H groups in total. The van der Waals surface area contributed by atoms with E-state index in [1.807, 2.05) is 0 Å². The Kier molecular flexibility index (Phi) is 8.16. The first-order chi connectivity index (χ1) is 12.4. The molecule has 1 aromatic rings. The van der Waals surface area contributed by atoms with Crippen molar-refractivity contribution in [1.82, 2.24) is 0 Å². The molecule has 0 aliphatic rings. The van der Waals surface area contributed by atoms with Gasteiger partial charge in [-0.2, -0.15) is 0 Å². The van der Waals surface area contributed by atoms with E-state index in [0.29, 0.717) is 4.46 Å². The minimum atomic E-state index is -5.25. The van der Waals surface area contributed by atoms with Crippen LogP contribution in [0, 0.1) is 0 Å². The molecule has 0 radical (unpaired) electrons. The maximum absolute atomic E-state index is 12.5. The third kappa shape index (κ3) is 7.42. The zero-order chi connectivity index (χ0) is 20.8. The van der Waals surface area contributed by atoms with Crippen LogP contribution in [0.25, 0.3) is 0 Å². The van der Waals surface area contributed by atoms with Gasteiger partial charge in [-0.3, -0.25) is 0 Å². The summed E-state index contributed by atoms with van der Waals surface area (Å²) in [7, 11) is 0. The molecule has 0 aliphatic carbocycles. The van der Waals surface area contributed by atoms with Gasteiger partial charge in [-0.15, -0.1) is 0 Å². The van der Waals surface area contributed by atoms with Crippen molar-refractivity contribution < 1.29 is 45.4 Å². The summed E-state index contributed by atoms with van der Waals surface area (Å²) in [5, 5.41) is 0. The molecule has 27 heavy (non-hydrogen) atoms. The average molecular weight is 465 g/mol. The van der Waals surface area contributed by atoms with Crippen molar-refractivity contribution in [3.05, 3.63) is 30.3 Å². The second-order valence-corrected chi connectivity index (χ2v) is 7.98. The van der Waals surface area contributed by atoms with Crippen molar-refractivity contribution in [2.24, 2.45) is 0 Å². The van der Waals surface area contributed by atoms with Gasteiger partial charge >= 0.3 is 157 Å². The van der Waals surface area contributed by atoms with Crippen LogP contribution in [0.15, 0.2) is 30.3 Å². The van der Waals surface area contributed by atoms with Gasteiger partial charge in [0.25, 0.3) is 0 Å². The monoisotopic (exact) mass is 466 g/mol. The zero-order valence-corrected chi connectivity index (χ0v) is 15.8. The van der Waals surface area contributed by atoms with E-state index in [9.17, 15) is 35.9 Å². The number of ether oxygens (including phenoxy) is 2. The number of rotatable bonds is 7. The number of esters is 2. The SMILES string of the molecule is CCC(OC(=O)C(F)(F)F)C([Se]c1ccccc1)C(C)OC(=O)C(F)(F)F. The van der Waals surface area contributed by atoms with Crippen molar-refractivity contribution in [3.8, 4) is 0 Å². The standard InChI is InChI=1S/C16H16F6O4Se/c1-3-11(26-14(24)16(20,21)22)12(27-10-7-5-4-6-8-10)9(2)25-13(23)15(17,18)19/h4-9,11-12H,3H2,1-2H3. The third-order valence-corrected chi connectivity index (χ3v) is 6.42. The van der Waals surface area contributed by atoms with E-state index < -0.39 is 56.3 Å². The minimum absolute atomic E-state index is 0.102. The molecule has 4 nitrogen and oxygen atoms in total. The van der Waals surface area contributed by atoms with Gasteiger partial charge in [0.15, 0.2) is 0 Å². The second-order valence-electron chi connectivity index (χ2n) is 5.35. The molecule has 1 aromatic carbocycles. The van der Waals surface area contributed by atoms with Crippen molar-refractivity contribution in [2.45, 2.75) is 49.6 Å². The Balaban J connectivity index is 3.07. The van der Waals surface area contributed by atoms with Crippen molar-refractivity contribution in [2.75, 3.05) is 0 Å². The summed E-state index contributed by atoms with van der Waals surface area (Å²) >= 11 is -0.737. The van der Waals surface area contributed by atoms with Crippen molar-refractivity contribution >= 4 is 31.4 Å². The fraction of sp³-hybridized carbons (Fsp3) is 0.500. The fourth-order valence-electron chi connectivity index (χ4n) is 2.02. The Morgan fingerprint density at radius 2 is 1.44 bits per heavy atom. The zero-order valence-electron chi connectivity index (χ0n) is 14.1. The number of carbonyl (C=O) groups excluding carboxylic acids is 2. The predicted molar refractivity (Wildman–Crippen MR) is 83.4 cm³/mol. The van der Waals surface area contributed by atoms with Gasteiger partial charge in [0.05, 0.1) is 0 Å². The van der Waals surface area contributed by atoms with E-state index >= 15 is 0 Å².